The van der Waals surface area contributed by atoms with Gasteiger partial charge in [-0.1, -0.05) is 31.5 Å². The van der Waals surface area contributed by atoms with Gasteiger partial charge in [-0.05, 0) is 25.0 Å². The molecule has 0 saturated heterocycles. The summed E-state index contributed by atoms with van der Waals surface area (Å²) in [6.07, 6.45) is 0.327. The molecular weight excluding hydrogens is 296 g/mol. The van der Waals surface area contributed by atoms with Gasteiger partial charge in [0, 0.05) is 11.9 Å². The zero-order valence-electron chi connectivity index (χ0n) is 13.3. The molecule has 0 spiro atoms. The fourth-order valence-corrected chi connectivity index (χ4v) is 2.53. The number of nitrogens with zero attached hydrogens (tertiary/aromatic N) is 1. The lowest BCUT2D eigenvalue weighted by atomic mass is 10.2. The van der Waals surface area contributed by atoms with Crippen molar-refractivity contribution in [3.63, 3.8) is 0 Å². The van der Waals surface area contributed by atoms with Crippen molar-refractivity contribution in [1.82, 2.24) is 10.3 Å². The van der Waals surface area contributed by atoms with Crippen molar-refractivity contribution < 1.29 is 9.53 Å². The molecule has 0 fully saturated rings. The number of hydrogen-bond donors (Lipinski definition) is 1. The predicted octanol–water partition coefficient (Wildman–Crippen LogP) is 3.35. The van der Waals surface area contributed by atoms with Crippen LogP contribution in [0.4, 0.5) is 0 Å². The highest BCUT2D eigenvalue weighted by atomic mass is 32.1. The highest BCUT2D eigenvalue weighted by molar-refractivity contribution is 7.09. The molecule has 2 rings (SSSR count). The van der Waals surface area contributed by atoms with Gasteiger partial charge in [0.25, 0.3) is 0 Å². The van der Waals surface area contributed by atoms with Gasteiger partial charge in [-0.3, -0.25) is 4.79 Å². The van der Waals surface area contributed by atoms with Crippen LogP contribution in [0, 0.1) is 12.8 Å². The minimum absolute atomic E-state index is 0.0185. The van der Waals surface area contributed by atoms with E-state index in [1.165, 1.54) is 16.9 Å². The average molecular weight is 318 g/mol. The first kappa shape index (κ1) is 16.5. The van der Waals surface area contributed by atoms with Crippen LogP contribution in [0.5, 0.6) is 5.75 Å². The third-order valence-electron chi connectivity index (χ3n) is 3.03. The van der Waals surface area contributed by atoms with Gasteiger partial charge in [-0.25, -0.2) is 4.98 Å². The summed E-state index contributed by atoms with van der Waals surface area (Å²) >= 11 is 1.52. The van der Waals surface area contributed by atoms with Crippen molar-refractivity contribution in [3.8, 4) is 5.75 Å². The Morgan fingerprint density at radius 1 is 1.32 bits per heavy atom. The zero-order chi connectivity index (χ0) is 15.9. The van der Waals surface area contributed by atoms with Gasteiger partial charge >= 0.3 is 0 Å². The SMILES string of the molecule is Cc1ccc(OCc2nc(CC(=O)NCC(C)C)cs2)cc1. The van der Waals surface area contributed by atoms with Crippen molar-refractivity contribution in [2.75, 3.05) is 6.54 Å². The van der Waals surface area contributed by atoms with Crippen LogP contribution in [-0.4, -0.2) is 17.4 Å². The van der Waals surface area contributed by atoms with Gasteiger partial charge < -0.3 is 10.1 Å². The van der Waals surface area contributed by atoms with E-state index in [9.17, 15) is 4.79 Å². The summed E-state index contributed by atoms with van der Waals surface area (Å²) in [7, 11) is 0. The van der Waals surface area contributed by atoms with Crippen LogP contribution in [0.1, 0.15) is 30.1 Å². The lowest BCUT2D eigenvalue weighted by Gasteiger charge is -2.06. The number of aromatic nitrogens is 1. The molecule has 1 aromatic carbocycles. The van der Waals surface area contributed by atoms with E-state index in [0.29, 0.717) is 25.5 Å². The van der Waals surface area contributed by atoms with Crippen molar-refractivity contribution in [2.24, 2.45) is 5.92 Å². The van der Waals surface area contributed by atoms with E-state index in [2.05, 4.69) is 24.1 Å². The zero-order valence-corrected chi connectivity index (χ0v) is 14.1. The highest BCUT2D eigenvalue weighted by Gasteiger charge is 2.08. The molecule has 0 aliphatic rings. The molecule has 1 heterocycles. The molecule has 0 aliphatic carbocycles. The molecule has 1 aromatic heterocycles. The molecule has 2 aromatic rings. The van der Waals surface area contributed by atoms with Crippen LogP contribution < -0.4 is 10.1 Å². The van der Waals surface area contributed by atoms with Crippen molar-refractivity contribution in [3.05, 3.63) is 45.9 Å². The topological polar surface area (TPSA) is 51.2 Å². The largest absolute Gasteiger partial charge is 0.486 e. The molecule has 5 heteroatoms. The van der Waals surface area contributed by atoms with Crippen LogP contribution >= 0.6 is 11.3 Å². The second-order valence-corrected chi connectivity index (χ2v) is 6.65. The van der Waals surface area contributed by atoms with E-state index in [0.717, 1.165) is 16.5 Å². The van der Waals surface area contributed by atoms with Gasteiger partial charge in [-0.15, -0.1) is 11.3 Å². The Labute approximate surface area is 135 Å². The molecule has 4 nitrogen and oxygen atoms in total. The molecule has 1 amide bonds. The Bertz CT molecular complexity index is 605. The standard InChI is InChI=1S/C17H22N2O2S/c1-12(2)9-18-16(20)8-14-11-22-17(19-14)10-21-15-6-4-13(3)5-7-15/h4-7,11-12H,8-10H2,1-3H3,(H,18,20). The third-order valence-corrected chi connectivity index (χ3v) is 3.90. The predicted molar refractivity (Wildman–Crippen MR) is 89.2 cm³/mol. The maximum Gasteiger partial charge on any atom is 0.226 e. The van der Waals surface area contributed by atoms with Crippen molar-refractivity contribution in [1.29, 1.82) is 0 Å². The number of benzene rings is 1. The second kappa shape index (κ2) is 7.94. The quantitative estimate of drug-likeness (QED) is 0.852. The third kappa shape index (κ3) is 5.48. The Kier molecular flexibility index (Phi) is 5.95. The lowest BCUT2D eigenvalue weighted by Crippen LogP contribution is -2.28. The number of rotatable bonds is 7. The maximum atomic E-state index is 11.8. The van der Waals surface area contributed by atoms with E-state index in [4.69, 9.17) is 4.74 Å². The van der Waals surface area contributed by atoms with Crippen LogP contribution in [0.25, 0.3) is 0 Å². The number of thiazole rings is 1. The highest BCUT2D eigenvalue weighted by Crippen LogP contribution is 2.16. The fourth-order valence-electron chi connectivity index (χ4n) is 1.82. The van der Waals surface area contributed by atoms with Gasteiger partial charge in [0.2, 0.25) is 5.91 Å². The molecule has 0 unspecified atom stereocenters. The Balaban J connectivity index is 1.81. The fraction of sp³-hybridized carbons (Fsp3) is 0.412. The number of ether oxygens (including phenoxy) is 1. The van der Waals surface area contributed by atoms with Crippen molar-refractivity contribution >= 4 is 17.2 Å². The van der Waals surface area contributed by atoms with Gasteiger partial charge in [0.15, 0.2) is 0 Å². The van der Waals surface area contributed by atoms with Crippen LogP contribution in [0.15, 0.2) is 29.6 Å². The Morgan fingerprint density at radius 2 is 2.05 bits per heavy atom. The van der Waals surface area contributed by atoms with Crippen LogP contribution in [-0.2, 0) is 17.8 Å². The van der Waals surface area contributed by atoms with Gasteiger partial charge in [0.1, 0.15) is 17.4 Å². The molecule has 1 N–H and O–H groups in total. The second-order valence-electron chi connectivity index (χ2n) is 5.71. The molecule has 0 radical (unpaired) electrons. The number of amides is 1. The number of aryl methyl sites for hydroxylation is 1. The molecule has 0 saturated carbocycles. The van der Waals surface area contributed by atoms with Gasteiger partial charge in [0.05, 0.1) is 12.1 Å². The minimum atomic E-state index is 0.0185. The Hall–Kier alpha value is -1.88. The van der Waals surface area contributed by atoms with Crippen LogP contribution in [0.2, 0.25) is 0 Å². The van der Waals surface area contributed by atoms with Crippen LogP contribution in [0.3, 0.4) is 0 Å². The van der Waals surface area contributed by atoms with E-state index in [1.54, 1.807) is 0 Å². The monoisotopic (exact) mass is 318 g/mol. The molecule has 0 aliphatic heterocycles. The molecule has 0 atom stereocenters. The minimum Gasteiger partial charge on any atom is -0.486 e. The van der Waals surface area contributed by atoms with E-state index < -0.39 is 0 Å². The Morgan fingerprint density at radius 3 is 2.73 bits per heavy atom. The summed E-state index contributed by atoms with van der Waals surface area (Å²) in [5, 5.41) is 5.70. The number of hydrogen-bond acceptors (Lipinski definition) is 4. The summed E-state index contributed by atoms with van der Waals surface area (Å²) in [6.45, 7) is 7.32. The maximum absolute atomic E-state index is 11.8. The van der Waals surface area contributed by atoms with E-state index >= 15 is 0 Å². The normalized spacial score (nSPS) is 10.7. The first-order valence-corrected chi connectivity index (χ1v) is 8.30. The number of nitrogens with one attached hydrogen (secondary N) is 1. The van der Waals surface area contributed by atoms with Gasteiger partial charge in [-0.2, -0.15) is 0 Å². The first-order valence-electron chi connectivity index (χ1n) is 7.42. The summed E-state index contributed by atoms with van der Waals surface area (Å²) in [5.41, 5.74) is 2.00. The summed E-state index contributed by atoms with van der Waals surface area (Å²) in [6, 6.07) is 7.93. The molecule has 0 bridgehead atoms. The lowest BCUT2D eigenvalue weighted by molar-refractivity contribution is -0.120. The summed E-state index contributed by atoms with van der Waals surface area (Å²) in [4.78, 5) is 16.2. The summed E-state index contributed by atoms with van der Waals surface area (Å²) < 4.78 is 5.69. The number of carbonyl (C=O) groups excluding carboxylic acids is 1. The number of carbonyl (C=O) groups is 1. The first-order chi connectivity index (χ1) is 10.5. The smallest absolute Gasteiger partial charge is 0.226 e. The van der Waals surface area contributed by atoms with E-state index in [1.807, 2.05) is 36.6 Å². The van der Waals surface area contributed by atoms with E-state index in [-0.39, 0.29) is 5.91 Å². The summed E-state index contributed by atoms with van der Waals surface area (Å²) in [5.74, 6) is 1.31. The molecular formula is C17H22N2O2S. The average Bonchev–Trinajstić information content (AvgIpc) is 2.92. The molecule has 118 valence electrons. The molecule has 22 heavy (non-hydrogen) atoms. The van der Waals surface area contributed by atoms with Crippen molar-refractivity contribution in [2.45, 2.75) is 33.8 Å².